The smallest absolute Gasteiger partial charge is 0.191 e. The first-order valence-corrected chi connectivity index (χ1v) is 9.14. The maximum atomic E-state index is 5.50. The maximum Gasteiger partial charge on any atom is 0.191 e. The van der Waals surface area contributed by atoms with Crippen molar-refractivity contribution in [3.8, 4) is 17.2 Å². The maximum absolute atomic E-state index is 5.50. The first kappa shape index (κ1) is 23.6. The highest BCUT2D eigenvalue weighted by Crippen LogP contribution is 2.33. The van der Waals surface area contributed by atoms with Crippen molar-refractivity contribution in [1.82, 2.24) is 15.5 Å². The van der Waals surface area contributed by atoms with Gasteiger partial charge in [-0.05, 0) is 25.9 Å². The number of methoxy groups -OCH3 is 3. The summed E-state index contributed by atoms with van der Waals surface area (Å²) in [5, 5.41) is 6.78. The van der Waals surface area contributed by atoms with Crippen molar-refractivity contribution in [2.24, 2.45) is 4.99 Å². The van der Waals surface area contributed by atoms with Crippen LogP contribution in [-0.2, 0) is 6.54 Å². The van der Waals surface area contributed by atoms with E-state index in [4.69, 9.17) is 14.2 Å². The van der Waals surface area contributed by atoms with Crippen LogP contribution in [-0.4, -0.2) is 64.9 Å². The van der Waals surface area contributed by atoms with Crippen molar-refractivity contribution in [2.45, 2.75) is 32.4 Å². The zero-order valence-electron chi connectivity index (χ0n) is 17.0. The Hall–Kier alpha value is -1.42. The van der Waals surface area contributed by atoms with Crippen LogP contribution in [0, 0.1) is 0 Å². The lowest BCUT2D eigenvalue weighted by Gasteiger charge is -2.24. The molecule has 1 aromatic carbocycles. The van der Waals surface area contributed by atoms with Gasteiger partial charge < -0.3 is 24.8 Å². The zero-order chi connectivity index (χ0) is 18.9. The van der Waals surface area contributed by atoms with E-state index < -0.39 is 0 Å². The number of guanidine groups is 1. The molecule has 7 nitrogen and oxygen atoms in total. The molecule has 1 atom stereocenters. The fraction of sp³-hybridized carbons (Fsp3) is 0.632. The van der Waals surface area contributed by atoms with E-state index >= 15 is 0 Å². The van der Waals surface area contributed by atoms with Gasteiger partial charge in [0.25, 0.3) is 0 Å². The Kier molecular flexibility index (Phi) is 10.6. The van der Waals surface area contributed by atoms with E-state index in [-0.39, 0.29) is 24.0 Å². The van der Waals surface area contributed by atoms with E-state index in [9.17, 15) is 0 Å². The van der Waals surface area contributed by atoms with Gasteiger partial charge in [0, 0.05) is 31.8 Å². The van der Waals surface area contributed by atoms with E-state index in [1.807, 2.05) is 12.1 Å². The van der Waals surface area contributed by atoms with E-state index in [1.165, 1.54) is 19.4 Å². The van der Waals surface area contributed by atoms with Gasteiger partial charge in [-0.1, -0.05) is 6.92 Å². The van der Waals surface area contributed by atoms with Crippen LogP contribution in [0.15, 0.2) is 17.1 Å². The molecule has 0 bridgehead atoms. The van der Waals surface area contributed by atoms with Gasteiger partial charge in [-0.2, -0.15) is 0 Å². The number of aliphatic imine (C=N–C) groups is 1. The molecule has 0 aliphatic carbocycles. The molecule has 8 heteroatoms. The Morgan fingerprint density at radius 1 is 1.15 bits per heavy atom. The predicted octanol–water partition coefficient (Wildman–Crippen LogP) is 2.48. The highest BCUT2D eigenvalue weighted by Gasteiger charge is 2.23. The highest BCUT2D eigenvalue weighted by atomic mass is 127. The van der Waals surface area contributed by atoms with Crippen LogP contribution >= 0.6 is 24.0 Å². The second-order valence-electron chi connectivity index (χ2n) is 6.24. The number of rotatable bonds is 8. The minimum atomic E-state index is 0. The van der Waals surface area contributed by atoms with Gasteiger partial charge in [-0.3, -0.25) is 9.89 Å². The van der Waals surface area contributed by atoms with Crippen molar-refractivity contribution < 1.29 is 14.2 Å². The number of ether oxygens (including phenoxy) is 3. The average molecular weight is 492 g/mol. The number of likely N-dealkylation sites (N-methyl/N-ethyl adjacent to an activating group) is 1. The summed E-state index contributed by atoms with van der Waals surface area (Å²) in [6, 6.07) is 4.28. The summed E-state index contributed by atoms with van der Waals surface area (Å²) in [7, 11) is 6.69. The van der Waals surface area contributed by atoms with Crippen molar-refractivity contribution in [3.05, 3.63) is 17.7 Å². The van der Waals surface area contributed by atoms with E-state index in [1.54, 1.807) is 28.4 Å². The zero-order valence-corrected chi connectivity index (χ0v) is 19.3. The van der Waals surface area contributed by atoms with Crippen LogP contribution in [0.2, 0.25) is 0 Å². The monoisotopic (exact) mass is 492 g/mol. The molecule has 1 unspecified atom stereocenters. The lowest BCUT2D eigenvalue weighted by molar-refractivity contribution is 0.267. The third-order valence-corrected chi connectivity index (χ3v) is 4.88. The molecule has 0 amide bonds. The molecule has 1 aliphatic heterocycles. The first-order valence-electron chi connectivity index (χ1n) is 9.14. The lowest BCUT2D eigenvalue weighted by Crippen LogP contribution is -2.44. The van der Waals surface area contributed by atoms with Crippen LogP contribution in [0.25, 0.3) is 0 Å². The molecule has 1 saturated heterocycles. The number of benzene rings is 1. The molecule has 1 aromatic rings. The number of hydrogen-bond donors (Lipinski definition) is 2. The Labute approximate surface area is 179 Å². The highest BCUT2D eigenvalue weighted by molar-refractivity contribution is 14.0. The summed E-state index contributed by atoms with van der Waals surface area (Å²) in [5.41, 5.74) is 0.926. The molecule has 0 aromatic heterocycles. The van der Waals surface area contributed by atoms with Gasteiger partial charge in [0.15, 0.2) is 5.96 Å². The fourth-order valence-electron chi connectivity index (χ4n) is 3.40. The van der Waals surface area contributed by atoms with Crippen molar-refractivity contribution in [2.75, 3.05) is 48.0 Å². The van der Waals surface area contributed by atoms with Gasteiger partial charge >= 0.3 is 0 Å². The van der Waals surface area contributed by atoms with E-state index in [0.717, 1.165) is 36.1 Å². The fourth-order valence-corrected chi connectivity index (χ4v) is 3.40. The first-order chi connectivity index (χ1) is 12.7. The molecule has 2 N–H and O–H groups in total. The molecule has 2 rings (SSSR count). The molecule has 0 radical (unpaired) electrons. The number of nitrogens with zero attached hydrogens (tertiary/aromatic N) is 2. The molecule has 154 valence electrons. The quantitative estimate of drug-likeness (QED) is 0.330. The molecule has 0 spiro atoms. The van der Waals surface area contributed by atoms with Gasteiger partial charge in [-0.15, -0.1) is 24.0 Å². The van der Waals surface area contributed by atoms with Crippen LogP contribution < -0.4 is 24.8 Å². The summed E-state index contributed by atoms with van der Waals surface area (Å²) in [6.07, 6.45) is 2.50. The predicted molar refractivity (Wildman–Crippen MR) is 120 cm³/mol. The standard InChI is InChI=1S/C19H32N4O3.HI/c1-6-23-9-7-8-14(23)12-21-19(20-2)22-13-16-17(25-4)10-15(24-3)11-18(16)26-5;/h10-11,14H,6-9,12-13H2,1-5H3,(H2,20,21,22);1H. The molecule has 27 heavy (non-hydrogen) atoms. The number of hydrogen-bond acceptors (Lipinski definition) is 5. The molecular formula is C19H33IN4O3. The van der Waals surface area contributed by atoms with Gasteiger partial charge in [-0.25, -0.2) is 0 Å². The minimum Gasteiger partial charge on any atom is -0.496 e. The normalized spacial score (nSPS) is 17.2. The molecule has 1 aliphatic rings. The van der Waals surface area contributed by atoms with Crippen LogP contribution in [0.3, 0.4) is 0 Å². The summed E-state index contributed by atoms with van der Waals surface area (Å²) in [4.78, 5) is 6.84. The van der Waals surface area contributed by atoms with E-state index in [0.29, 0.717) is 18.3 Å². The third-order valence-electron chi connectivity index (χ3n) is 4.88. The minimum absolute atomic E-state index is 0. The van der Waals surface area contributed by atoms with Crippen LogP contribution in [0.4, 0.5) is 0 Å². The molecule has 1 heterocycles. The topological polar surface area (TPSA) is 67.4 Å². The van der Waals surface area contributed by atoms with Crippen molar-refractivity contribution >= 4 is 29.9 Å². The molecular weight excluding hydrogens is 459 g/mol. The Balaban J connectivity index is 0.00000364. The number of nitrogens with one attached hydrogen (secondary N) is 2. The summed E-state index contributed by atoms with van der Waals surface area (Å²) >= 11 is 0. The number of likely N-dealkylation sites (tertiary alicyclic amines) is 1. The largest absolute Gasteiger partial charge is 0.496 e. The average Bonchev–Trinajstić information content (AvgIpc) is 3.15. The summed E-state index contributed by atoms with van der Waals surface area (Å²) in [6.45, 7) is 5.93. The van der Waals surface area contributed by atoms with Crippen LogP contribution in [0.5, 0.6) is 17.2 Å². The number of halogens is 1. The van der Waals surface area contributed by atoms with Gasteiger partial charge in [0.05, 0.1) is 33.4 Å². The summed E-state index contributed by atoms with van der Waals surface area (Å²) < 4.78 is 16.3. The summed E-state index contributed by atoms with van der Waals surface area (Å²) in [5.74, 6) is 2.91. The van der Waals surface area contributed by atoms with Crippen molar-refractivity contribution in [1.29, 1.82) is 0 Å². The Morgan fingerprint density at radius 2 is 1.81 bits per heavy atom. The third kappa shape index (κ3) is 6.31. The van der Waals surface area contributed by atoms with Crippen molar-refractivity contribution in [3.63, 3.8) is 0 Å². The molecule has 1 fully saturated rings. The Bertz CT molecular complexity index is 588. The molecule has 0 saturated carbocycles. The second kappa shape index (κ2) is 12.1. The second-order valence-corrected chi connectivity index (χ2v) is 6.24. The van der Waals surface area contributed by atoms with Gasteiger partial charge in [0.2, 0.25) is 0 Å². The van der Waals surface area contributed by atoms with E-state index in [2.05, 4.69) is 27.4 Å². The SMILES string of the molecule is CCN1CCCC1CNC(=NC)NCc1c(OC)cc(OC)cc1OC.I. The Morgan fingerprint density at radius 3 is 2.33 bits per heavy atom. The van der Waals surface area contributed by atoms with Crippen LogP contribution in [0.1, 0.15) is 25.3 Å². The lowest BCUT2D eigenvalue weighted by atomic mass is 10.1. The van der Waals surface area contributed by atoms with Gasteiger partial charge in [0.1, 0.15) is 17.2 Å².